The van der Waals surface area contributed by atoms with E-state index < -0.39 is 0 Å². The number of piperidine rings is 1. The Labute approximate surface area is 112 Å². The summed E-state index contributed by atoms with van der Waals surface area (Å²) in [5.74, 6) is 1.05. The molecular formula is C12H19N5S. The van der Waals surface area contributed by atoms with E-state index in [4.69, 9.17) is 11.0 Å². The predicted molar refractivity (Wildman–Crippen MR) is 74.7 cm³/mol. The summed E-state index contributed by atoms with van der Waals surface area (Å²) in [6.07, 6.45) is 2.44. The zero-order chi connectivity index (χ0) is 13.1. The highest BCUT2D eigenvalue weighted by Gasteiger charge is 2.21. The lowest BCUT2D eigenvalue weighted by Crippen LogP contribution is -2.35. The van der Waals surface area contributed by atoms with Crippen LogP contribution in [0, 0.1) is 17.2 Å². The molecular weight excluding hydrogens is 246 g/mol. The van der Waals surface area contributed by atoms with Crippen molar-refractivity contribution >= 4 is 22.4 Å². The fourth-order valence-corrected chi connectivity index (χ4v) is 3.11. The molecule has 18 heavy (non-hydrogen) atoms. The van der Waals surface area contributed by atoms with E-state index in [1.165, 1.54) is 24.4 Å². The molecule has 98 valence electrons. The molecule has 0 unspecified atom stereocenters. The zero-order valence-electron chi connectivity index (χ0n) is 10.9. The van der Waals surface area contributed by atoms with Crippen LogP contribution < -0.4 is 10.6 Å². The van der Waals surface area contributed by atoms with Crippen molar-refractivity contribution in [2.45, 2.75) is 12.8 Å². The van der Waals surface area contributed by atoms with E-state index in [0.717, 1.165) is 24.6 Å². The van der Waals surface area contributed by atoms with Crippen molar-refractivity contribution in [3.8, 4) is 6.07 Å². The van der Waals surface area contributed by atoms with Crippen molar-refractivity contribution < 1.29 is 0 Å². The van der Waals surface area contributed by atoms with Crippen LogP contribution in [-0.4, -0.2) is 43.0 Å². The smallest absolute Gasteiger partial charge is 0.157 e. The number of hydrogen-bond acceptors (Lipinski definition) is 6. The molecule has 1 aliphatic heterocycles. The summed E-state index contributed by atoms with van der Waals surface area (Å²) in [5.41, 5.74) is 6.21. The number of rotatable bonds is 3. The van der Waals surface area contributed by atoms with Gasteiger partial charge < -0.3 is 15.5 Å². The lowest BCUT2D eigenvalue weighted by molar-refractivity contribution is 0.222. The second-order valence-electron chi connectivity index (χ2n) is 4.99. The largest absolute Gasteiger partial charge is 0.382 e. The SMILES string of the molecule is CN1CCC(CN(C)c2snc(N)c2C#N)CC1. The van der Waals surface area contributed by atoms with Gasteiger partial charge in [-0.3, -0.25) is 0 Å². The van der Waals surface area contributed by atoms with Crippen molar-refractivity contribution in [2.75, 3.05) is 44.4 Å². The first kappa shape index (κ1) is 13.1. The van der Waals surface area contributed by atoms with Gasteiger partial charge in [-0.25, -0.2) is 0 Å². The van der Waals surface area contributed by atoms with Crippen LogP contribution in [-0.2, 0) is 0 Å². The van der Waals surface area contributed by atoms with Crippen molar-refractivity contribution in [3.05, 3.63) is 5.56 Å². The highest BCUT2D eigenvalue weighted by atomic mass is 32.1. The summed E-state index contributed by atoms with van der Waals surface area (Å²) in [6, 6.07) is 2.14. The van der Waals surface area contributed by atoms with Gasteiger partial charge in [0.25, 0.3) is 0 Å². The van der Waals surface area contributed by atoms with Gasteiger partial charge in [-0.05, 0) is 50.4 Å². The Morgan fingerprint density at radius 1 is 1.56 bits per heavy atom. The molecule has 2 rings (SSSR count). The molecule has 0 saturated carbocycles. The average molecular weight is 265 g/mol. The first-order chi connectivity index (χ1) is 8.61. The predicted octanol–water partition coefficient (Wildman–Crippen LogP) is 1.37. The second-order valence-corrected chi connectivity index (χ2v) is 5.74. The first-order valence-electron chi connectivity index (χ1n) is 6.16. The second kappa shape index (κ2) is 5.55. The van der Waals surface area contributed by atoms with Gasteiger partial charge in [0.1, 0.15) is 16.6 Å². The van der Waals surface area contributed by atoms with Crippen LogP contribution in [0.5, 0.6) is 0 Å². The topological polar surface area (TPSA) is 69.2 Å². The van der Waals surface area contributed by atoms with Gasteiger partial charge in [-0.2, -0.15) is 9.64 Å². The Bertz CT molecular complexity index is 442. The Kier molecular flexibility index (Phi) is 4.04. The van der Waals surface area contributed by atoms with E-state index in [-0.39, 0.29) is 0 Å². The molecule has 1 aliphatic rings. The Morgan fingerprint density at radius 3 is 2.83 bits per heavy atom. The number of aromatic nitrogens is 1. The standard InChI is InChI=1S/C12H19N5S/c1-16-5-3-9(4-6-16)8-17(2)12-10(7-13)11(14)15-18-12/h9H,3-6,8H2,1-2H3,(H2,14,15). The summed E-state index contributed by atoms with van der Waals surface area (Å²) in [6.45, 7) is 3.30. The highest BCUT2D eigenvalue weighted by molar-refractivity contribution is 7.10. The normalized spacial score (nSPS) is 17.6. The van der Waals surface area contributed by atoms with Crippen LogP contribution in [0.1, 0.15) is 18.4 Å². The quantitative estimate of drug-likeness (QED) is 0.894. The van der Waals surface area contributed by atoms with E-state index in [0.29, 0.717) is 17.3 Å². The molecule has 2 heterocycles. The van der Waals surface area contributed by atoms with Gasteiger partial charge in [-0.1, -0.05) is 0 Å². The molecule has 5 nitrogen and oxygen atoms in total. The molecule has 0 bridgehead atoms. The minimum atomic E-state index is 0.354. The van der Waals surface area contributed by atoms with Gasteiger partial charge in [0.15, 0.2) is 5.82 Å². The summed E-state index contributed by atoms with van der Waals surface area (Å²) in [5, 5.41) is 9.98. The fraction of sp³-hybridized carbons (Fsp3) is 0.667. The lowest BCUT2D eigenvalue weighted by Gasteiger charge is -2.31. The third-order valence-corrected chi connectivity index (χ3v) is 4.51. The molecule has 0 spiro atoms. The van der Waals surface area contributed by atoms with E-state index in [9.17, 15) is 0 Å². The van der Waals surface area contributed by atoms with Crippen molar-refractivity contribution in [1.29, 1.82) is 5.26 Å². The molecule has 1 aromatic heterocycles. The molecule has 0 radical (unpaired) electrons. The average Bonchev–Trinajstić information content (AvgIpc) is 2.73. The third-order valence-electron chi connectivity index (χ3n) is 3.53. The van der Waals surface area contributed by atoms with E-state index in [2.05, 4.69) is 27.3 Å². The Hall–Kier alpha value is -1.32. The van der Waals surface area contributed by atoms with E-state index in [1.807, 2.05) is 7.05 Å². The lowest BCUT2D eigenvalue weighted by atomic mass is 9.97. The summed E-state index contributed by atoms with van der Waals surface area (Å²) in [7, 11) is 4.18. The van der Waals surface area contributed by atoms with Crippen LogP contribution in [0.25, 0.3) is 0 Å². The molecule has 6 heteroatoms. The van der Waals surface area contributed by atoms with Crippen LogP contribution in [0.4, 0.5) is 10.8 Å². The monoisotopic (exact) mass is 265 g/mol. The number of nitrogen functional groups attached to an aromatic ring is 1. The minimum absolute atomic E-state index is 0.354. The van der Waals surface area contributed by atoms with E-state index in [1.54, 1.807) is 0 Å². The van der Waals surface area contributed by atoms with Crippen LogP contribution >= 0.6 is 11.5 Å². The van der Waals surface area contributed by atoms with Gasteiger partial charge in [0, 0.05) is 13.6 Å². The number of nitriles is 1. The highest BCUT2D eigenvalue weighted by Crippen LogP contribution is 2.30. The van der Waals surface area contributed by atoms with Crippen molar-refractivity contribution in [1.82, 2.24) is 9.27 Å². The minimum Gasteiger partial charge on any atom is -0.382 e. The zero-order valence-corrected chi connectivity index (χ0v) is 11.7. The first-order valence-corrected chi connectivity index (χ1v) is 6.94. The molecule has 1 fully saturated rings. The molecule has 0 atom stereocenters. The number of likely N-dealkylation sites (tertiary alicyclic amines) is 1. The van der Waals surface area contributed by atoms with Crippen LogP contribution in [0.3, 0.4) is 0 Å². The summed E-state index contributed by atoms with van der Waals surface area (Å²) < 4.78 is 4.06. The maximum atomic E-state index is 9.08. The Morgan fingerprint density at radius 2 is 2.22 bits per heavy atom. The van der Waals surface area contributed by atoms with Crippen LogP contribution in [0.2, 0.25) is 0 Å². The van der Waals surface area contributed by atoms with Crippen LogP contribution in [0.15, 0.2) is 0 Å². The van der Waals surface area contributed by atoms with Crippen molar-refractivity contribution in [2.24, 2.45) is 5.92 Å². The van der Waals surface area contributed by atoms with E-state index >= 15 is 0 Å². The fourth-order valence-electron chi connectivity index (χ4n) is 2.37. The van der Waals surface area contributed by atoms with Gasteiger partial charge >= 0.3 is 0 Å². The molecule has 1 saturated heterocycles. The maximum absolute atomic E-state index is 9.08. The molecule has 1 aromatic rings. The number of anilines is 2. The maximum Gasteiger partial charge on any atom is 0.157 e. The molecule has 0 aromatic carbocycles. The molecule has 0 amide bonds. The Balaban J connectivity index is 1.99. The number of nitrogens with zero attached hydrogens (tertiary/aromatic N) is 4. The van der Waals surface area contributed by atoms with Gasteiger partial charge in [0.2, 0.25) is 0 Å². The van der Waals surface area contributed by atoms with Gasteiger partial charge in [-0.15, -0.1) is 0 Å². The molecule has 2 N–H and O–H groups in total. The molecule has 0 aliphatic carbocycles. The van der Waals surface area contributed by atoms with Gasteiger partial charge in [0.05, 0.1) is 0 Å². The van der Waals surface area contributed by atoms with Crippen molar-refractivity contribution in [3.63, 3.8) is 0 Å². The third kappa shape index (κ3) is 2.74. The summed E-state index contributed by atoms with van der Waals surface area (Å²) >= 11 is 1.32. The summed E-state index contributed by atoms with van der Waals surface area (Å²) in [4.78, 5) is 4.49. The number of nitrogens with two attached hydrogens (primary N) is 1. The number of hydrogen-bond donors (Lipinski definition) is 1.